The van der Waals surface area contributed by atoms with Gasteiger partial charge < -0.3 is 14.2 Å². The van der Waals surface area contributed by atoms with Gasteiger partial charge in [-0.05, 0) is 109 Å². The summed E-state index contributed by atoms with van der Waals surface area (Å²) in [6, 6.07) is 71.1. The normalized spacial score (nSPS) is 12.5. The fourth-order valence-electron chi connectivity index (χ4n) is 9.31. The van der Waals surface area contributed by atoms with Gasteiger partial charge >= 0.3 is 0 Å². The van der Waals surface area contributed by atoms with Gasteiger partial charge in [0, 0.05) is 16.4 Å². The Morgan fingerprint density at radius 2 is 0.569 bits per heavy atom. The first kappa shape index (κ1) is 32.7. The summed E-state index contributed by atoms with van der Waals surface area (Å²) in [5.74, 6) is 4.93. The SMILES string of the molecule is c1ccc(-c2cccc(-c3ccccc3)c2-c2c(-c3ccccc3)cccc2-c2cccc(-c3cc4c5c(c3)Oc3cccc6c3B5c3c(cccc3O4)O6)c2)cc1. The van der Waals surface area contributed by atoms with Gasteiger partial charge in [0.1, 0.15) is 34.5 Å². The standard InChI is InChI=1S/C54H33BO3/c1-4-15-34(16-5-1)40-23-11-24-41(35-17-6-2-7-18-35)50(40)51-42(36-19-8-3-9-20-36)25-12-26-43(51)38-22-10-21-37(31-38)39-32-48-54-49(33-39)58-47-30-14-28-45-53(47)55(54)52-44(56-45)27-13-29-46(52)57-48/h1-33H. The van der Waals surface area contributed by atoms with Crippen LogP contribution in [-0.4, -0.2) is 6.71 Å². The van der Waals surface area contributed by atoms with E-state index in [4.69, 9.17) is 14.2 Å². The second kappa shape index (κ2) is 13.0. The lowest BCUT2D eigenvalue weighted by Gasteiger charge is -2.37. The van der Waals surface area contributed by atoms with Gasteiger partial charge in [0.2, 0.25) is 0 Å². The maximum atomic E-state index is 6.72. The van der Waals surface area contributed by atoms with E-state index in [0.29, 0.717) is 0 Å². The van der Waals surface area contributed by atoms with Gasteiger partial charge in [-0.15, -0.1) is 0 Å². The van der Waals surface area contributed by atoms with Crippen molar-refractivity contribution in [1.82, 2.24) is 0 Å². The van der Waals surface area contributed by atoms with E-state index in [2.05, 4.69) is 164 Å². The third-order valence-corrected chi connectivity index (χ3v) is 11.8. The van der Waals surface area contributed by atoms with Crippen molar-refractivity contribution >= 4 is 23.1 Å². The predicted molar refractivity (Wildman–Crippen MR) is 237 cm³/mol. The van der Waals surface area contributed by atoms with E-state index in [0.717, 1.165) is 73.1 Å². The van der Waals surface area contributed by atoms with Crippen molar-refractivity contribution in [2.45, 2.75) is 0 Å². The molecule has 12 rings (SSSR count). The highest BCUT2D eigenvalue weighted by molar-refractivity contribution is 6.99. The van der Waals surface area contributed by atoms with Gasteiger partial charge in [-0.1, -0.05) is 158 Å². The van der Waals surface area contributed by atoms with E-state index in [9.17, 15) is 0 Å². The van der Waals surface area contributed by atoms with Gasteiger partial charge in [0.15, 0.2) is 0 Å². The van der Waals surface area contributed by atoms with Gasteiger partial charge in [0.05, 0.1) is 0 Å². The molecule has 4 heteroatoms. The van der Waals surface area contributed by atoms with Crippen LogP contribution in [0.3, 0.4) is 0 Å². The fourth-order valence-corrected chi connectivity index (χ4v) is 9.31. The molecule has 0 atom stereocenters. The van der Waals surface area contributed by atoms with E-state index >= 15 is 0 Å². The summed E-state index contributed by atoms with van der Waals surface area (Å²) in [6.07, 6.45) is 0. The molecule has 3 aliphatic heterocycles. The predicted octanol–water partition coefficient (Wildman–Crippen LogP) is 12.5. The highest BCUT2D eigenvalue weighted by Crippen LogP contribution is 2.49. The van der Waals surface area contributed by atoms with Crippen LogP contribution in [0.25, 0.3) is 66.8 Å². The first-order valence-corrected chi connectivity index (χ1v) is 19.8. The third-order valence-electron chi connectivity index (χ3n) is 11.8. The van der Waals surface area contributed by atoms with Crippen molar-refractivity contribution in [3.05, 3.63) is 200 Å². The maximum absolute atomic E-state index is 6.72. The zero-order valence-corrected chi connectivity index (χ0v) is 31.4. The minimum absolute atomic E-state index is 0.0224. The first-order chi connectivity index (χ1) is 28.8. The summed E-state index contributed by atoms with van der Waals surface area (Å²) in [6.45, 7) is -0.0224. The zero-order chi connectivity index (χ0) is 38.2. The Morgan fingerprint density at radius 3 is 1.02 bits per heavy atom. The highest BCUT2D eigenvalue weighted by atomic mass is 16.5. The van der Waals surface area contributed by atoms with Gasteiger partial charge in [-0.25, -0.2) is 0 Å². The summed E-state index contributed by atoms with van der Waals surface area (Å²) >= 11 is 0. The largest absolute Gasteiger partial charge is 0.458 e. The molecule has 0 saturated heterocycles. The molecule has 9 aromatic rings. The van der Waals surface area contributed by atoms with E-state index in [1.165, 1.54) is 44.5 Å². The molecule has 0 spiro atoms. The van der Waals surface area contributed by atoms with Crippen molar-refractivity contribution in [3.63, 3.8) is 0 Å². The number of ether oxygens (including phenoxy) is 3. The Balaban J connectivity index is 1.07. The maximum Gasteiger partial charge on any atom is 0.270 e. The van der Waals surface area contributed by atoms with Crippen LogP contribution < -0.4 is 30.6 Å². The van der Waals surface area contributed by atoms with Crippen molar-refractivity contribution in [2.75, 3.05) is 0 Å². The number of hydrogen-bond acceptors (Lipinski definition) is 3. The summed E-state index contributed by atoms with van der Waals surface area (Å²) in [7, 11) is 0. The second-order valence-electron chi connectivity index (χ2n) is 15.1. The molecular formula is C54H33BO3. The summed E-state index contributed by atoms with van der Waals surface area (Å²) in [5.41, 5.74) is 17.0. The number of rotatable bonds is 6. The Bertz CT molecular complexity index is 2950. The van der Waals surface area contributed by atoms with Crippen molar-refractivity contribution in [2.24, 2.45) is 0 Å². The molecule has 270 valence electrons. The smallest absolute Gasteiger partial charge is 0.270 e. The van der Waals surface area contributed by atoms with Crippen molar-refractivity contribution in [1.29, 1.82) is 0 Å². The zero-order valence-electron chi connectivity index (χ0n) is 31.4. The molecule has 0 amide bonds. The Kier molecular flexibility index (Phi) is 7.33. The van der Waals surface area contributed by atoms with Gasteiger partial charge in [-0.2, -0.15) is 0 Å². The van der Waals surface area contributed by atoms with Crippen LogP contribution in [0.1, 0.15) is 0 Å². The fraction of sp³-hybridized carbons (Fsp3) is 0. The average molecular weight is 741 g/mol. The van der Waals surface area contributed by atoms with Crippen LogP contribution in [0.5, 0.6) is 34.5 Å². The van der Waals surface area contributed by atoms with E-state index < -0.39 is 0 Å². The van der Waals surface area contributed by atoms with Crippen LogP contribution in [0, 0.1) is 0 Å². The van der Waals surface area contributed by atoms with E-state index in [1.54, 1.807) is 0 Å². The molecule has 3 nitrogen and oxygen atoms in total. The van der Waals surface area contributed by atoms with Crippen LogP contribution in [0.15, 0.2) is 200 Å². The van der Waals surface area contributed by atoms with Gasteiger partial charge in [0.25, 0.3) is 6.71 Å². The first-order valence-electron chi connectivity index (χ1n) is 19.8. The molecule has 0 N–H and O–H groups in total. The monoisotopic (exact) mass is 740 g/mol. The molecule has 0 aliphatic carbocycles. The van der Waals surface area contributed by atoms with Crippen LogP contribution in [-0.2, 0) is 0 Å². The Labute approximate surface area is 337 Å². The second-order valence-corrected chi connectivity index (χ2v) is 15.1. The van der Waals surface area contributed by atoms with Crippen LogP contribution in [0.4, 0.5) is 0 Å². The molecular weight excluding hydrogens is 707 g/mol. The Hall–Kier alpha value is -7.56. The third kappa shape index (κ3) is 5.08. The average Bonchev–Trinajstić information content (AvgIpc) is 3.29. The topological polar surface area (TPSA) is 27.7 Å². The number of benzene rings is 9. The molecule has 9 aromatic carbocycles. The summed E-state index contributed by atoms with van der Waals surface area (Å²) in [4.78, 5) is 0. The molecule has 0 fully saturated rings. The minimum Gasteiger partial charge on any atom is -0.458 e. The van der Waals surface area contributed by atoms with E-state index in [-0.39, 0.29) is 6.71 Å². The van der Waals surface area contributed by atoms with Crippen molar-refractivity contribution in [3.8, 4) is 101 Å². The summed E-state index contributed by atoms with van der Waals surface area (Å²) < 4.78 is 19.8. The molecule has 0 aromatic heterocycles. The van der Waals surface area contributed by atoms with Gasteiger partial charge in [-0.3, -0.25) is 0 Å². The number of hydrogen-bond donors (Lipinski definition) is 0. The minimum atomic E-state index is -0.0224. The molecule has 0 radical (unpaired) electrons. The molecule has 58 heavy (non-hydrogen) atoms. The Morgan fingerprint density at radius 1 is 0.241 bits per heavy atom. The lowest BCUT2D eigenvalue weighted by molar-refractivity contribution is 0.443. The van der Waals surface area contributed by atoms with E-state index in [1.807, 2.05) is 36.4 Å². The molecule has 0 unspecified atom stereocenters. The quantitative estimate of drug-likeness (QED) is 0.159. The lowest BCUT2D eigenvalue weighted by Crippen LogP contribution is -2.59. The molecule has 3 aliphatic rings. The van der Waals surface area contributed by atoms with Crippen molar-refractivity contribution < 1.29 is 14.2 Å². The lowest BCUT2D eigenvalue weighted by atomic mass is 9.34. The molecule has 0 bridgehead atoms. The summed E-state index contributed by atoms with van der Waals surface area (Å²) in [5, 5.41) is 0. The highest BCUT2D eigenvalue weighted by Gasteiger charge is 2.46. The molecule has 0 saturated carbocycles. The van der Waals surface area contributed by atoms with Crippen LogP contribution >= 0.6 is 0 Å². The van der Waals surface area contributed by atoms with Crippen LogP contribution in [0.2, 0.25) is 0 Å². The molecule has 3 heterocycles.